The Kier molecular flexibility index (Phi) is 4.46. The Labute approximate surface area is 122 Å². The lowest BCUT2D eigenvalue weighted by Gasteiger charge is -2.37. The molecular formula is C15H20F2N2O2. The standard InChI is InChI=1S/C15H20F2N2O2/c1-10(18)12-3-2-4-13(7-12)15(16,17)6-5-11-8-19(9-11)14(20)21/h2-4,7,10-11H,5-6,8-9,18H2,1H3,(H,20,21). The maximum absolute atomic E-state index is 14.2. The molecule has 0 bridgehead atoms. The normalized spacial score (nSPS) is 17.4. The van der Waals surface area contributed by atoms with E-state index in [2.05, 4.69) is 0 Å². The quantitative estimate of drug-likeness (QED) is 0.877. The SMILES string of the molecule is CC(N)c1cccc(C(F)(F)CCC2CN(C(=O)O)C2)c1. The summed E-state index contributed by atoms with van der Waals surface area (Å²) >= 11 is 0. The van der Waals surface area contributed by atoms with Crippen molar-refractivity contribution >= 4 is 6.09 Å². The van der Waals surface area contributed by atoms with Crippen molar-refractivity contribution in [3.63, 3.8) is 0 Å². The molecule has 1 aliphatic heterocycles. The second-order valence-electron chi connectivity index (χ2n) is 5.71. The average molecular weight is 298 g/mol. The van der Waals surface area contributed by atoms with Crippen LogP contribution in [0, 0.1) is 5.92 Å². The van der Waals surface area contributed by atoms with E-state index < -0.39 is 12.0 Å². The number of alkyl halides is 2. The molecule has 0 aliphatic carbocycles. The van der Waals surface area contributed by atoms with Gasteiger partial charge in [0.05, 0.1) is 0 Å². The van der Waals surface area contributed by atoms with Gasteiger partial charge in [-0.05, 0) is 30.9 Å². The second-order valence-corrected chi connectivity index (χ2v) is 5.71. The summed E-state index contributed by atoms with van der Waals surface area (Å²) < 4.78 is 28.4. The Morgan fingerprint density at radius 1 is 1.52 bits per heavy atom. The Morgan fingerprint density at radius 2 is 2.19 bits per heavy atom. The first-order valence-electron chi connectivity index (χ1n) is 7.01. The molecule has 3 N–H and O–H groups in total. The summed E-state index contributed by atoms with van der Waals surface area (Å²) in [7, 11) is 0. The lowest BCUT2D eigenvalue weighted by atomic mass is 9.91. The molecule has 0 aromatic heterocycles. The topological polar surface area (TPSA) is 66.6 Å². The molecule has 1 saturated heterocycles. The lowest BCUT2D eigenvalue weighted by molar-refractivity contribution is -0.0272. The van der Waals surface area contributed by atoms with Crippen molar-refractivity contribution in [3.05, 3.63) is 35.4 Å². The Hall–Kier alpha value is -1.69. The highest BCUT2D eigenvalue weighted by atomic mass is 19.3. The van der Waals surface area contributed by atoms with Gasteiger partial charge in [0.1, 0.15) is 0 Å². The number of amides is 1. The van der Waals surface area contributed by atoms with Gasteiger partial charge >= 0.3 is 6.09 Å². The van der Waals surface area contributed by atoms with Crippen LogP contribution in [0.4, 0.5) is 13.6 Å². The maximum Gasteiger partial charge on any atom is 0.407 e. The molecule has 2 rings (SSSR count). The smallest absolute Gasteiger partial charge is 0.407 e. The van der Waals surface area contributed by atoms with E-state index in [0.29, 0.717) is 25.1 Å². The largest absolute Gasteiger partial charge is 0.465 e. The van der Waals surface area contributed by atoms with Gasteiger partial charge in [-0.25, -0.2) is 13.6 Å². The molecule has 1 amide bonds. The van der Waals surface area contributed by atoms with Crippen LogP contribution in [0.25, 0.3) is 0 Å². The molecule has 1 atom stereocenters. The molecule has 1 aromatic rings. The highest BCUT2D eigenvalue weighted by Crippen LogP contribution is 2.36. The van der Waals surface area contributed by atoms with Crippen LogP contribution in [0.5, 0.6) is 0 Å². The fourth-order valence-electron chi connectivity index (χ4n) is 2.49. The molecule has 0 radical (unpaired) electrons. The van der Waals surface area contributed by atoms with E-state index in [9.17, 15) is 13.6 Å². The average Bonchev–Trinajstić information content (AvgIpc) is 2.36. The maximum atomic E-state index is 14.2. The number of hydrogen-bond acceptors (Lipinski definition) is 2. The van der Waals surface area contributed by atoms with Crippen molar-refractivity contribution < 1.29 is 18.7 Å². The van der Waals surface area contributed by atoms with Crippen molar-refractivity contribution in [2.24, 2.45) is 11.7 Å². The van der Waals surface area contributed by atoms with Gasteiger partial charge in [-0.1, -0.05) is 18.2 Å². The number of likely N-dealkylation sites (tertiary alicyclic amines) is 1. The van der Waals surface area contributed by atoms with Gasteiger partial charge in [0.2, 0.25) is 0 Å². The number of nitrogens with two attached hydrogens (primary N) is 1. The second kappa shape index (κ2) is 5.97. The molecule has 1 fully saturated rings. The molecule has 0 saturated carbocycles. The number of carbonyl (C=O) groups is 1. The molecule has 1 aliphatic rings. The fraction of sp³-hybridized carbons (Fsp3) is 0.533. The van der Waals surface area contributed by atoms with Gasteiger partial charge in [0.25, 0.3) is 5.92 Å². The van der Waals surface area contributed by atoms with Gasteiger partial charge in [0, 0.05) is 31.1 Å². The van der Waals surface area contributed by atoms with Crippen LogP contribution in [0.2, 0.25) is 0 Å². The number of nitrogens with zero attached hydrogens (tertiary/aromatic N) is 1. The van der Waals surface area contributed by atoms with Crippen LogP contribution in [0.1, 0.15) is 36.9 Å². The van der Waals surface area contributed by atoms with Crippen LogP contribution < -0.4 is 5.73 Å². The number of benzene rings is 1. The Morgan fingerprint density at radius 3 is 2.76 bits per heavy atom. The van der Waals surface area contributed by atoms with Gasteiger partial charge in [-0.2, -0.15) is 0 Å². The highest BCUT2D eigenvalue weighted by Gasteiger charge is 2.36. The molecule has 6 heteroatoms. The van der Waals surface area contributed by atoms with E-state index in [1.807, 2.05) is 0 Å². The summed E-state index contributed by atoms with van der Waals surface area (Å²) in [4.78, 5) is 11.9. The number of rotatable bonds is 5. The minimum Gasteiger partial charge on any atom is -0.465 e. The fourth-order valence-corrected chi connectivity index (χ4v) is 2.49. The third-order valence-electron chi connectivity index (χ3n) is 3.93. The van der Waals surface area contributed by atoms with E-state index in [0.717, 1.165) is 0 Å². The first-order valence-corrected chi connectivity index (χ1v) is 7.01. The van der Waals surface area contributed by atoms with E-state index in [4.69, 9.17) is 10.8 Å². The number of halogens is 2. The third kappa shape index (κ3) is 3.69. The van der Waals surface area contributed by atoms with E-state index in [-0.39, 0.29) is 23.9 Å². The number of hydrogen-bond donors (Lipinski definition) is 2. The molecule has 1 heterocycles. The van der Waals surface area contributed by atoms with Crippen LogP contribution in [0.15, 0.2) is 24.3 Å². The third-order valence-corrected chi connectivity index (χ3v) is 3.93. The number of carboxylic acid groups (broad SMARTS) is 1. The van der Waals surface area contributed by atoms with Gasteiger partial charge in [-0.3, -0.25) is 0 Å². The summed E-state index contributed by atoms with van der Waals surface area (Å²) in [6.45, 7) is 2.46. The minimum absolute atomic E-state index is 0.0216. The van der Waals surface area contributed by atoms with Crippen molar-refractivity contribution in [2.75, 3.05) is 13.1 Å². The van der Waals surface area contributed by atoms with E-state index >= 15 is 0 Å². The summed E-state index contributed by atoms with van der Waals surface area (Å²) in [5.74, 6) is -2.88. The van der Waals surface area contributed by atoms with Crippen molar-refractivity contribution in [2.45, 2.75) is 31.7 Å². The first kappa shape index (κ1) is 15.7. The van der Waals surface area contributed by atoms with E-state index in [1.54, 1.807) is 19.1 Å². The summed E-state index contributed by atoms with van der Waals surface area (Å²) in [5, 5.41) is 8.71. The predicted octanol–water partition coefficient (Wildman–Crippen LogP) is 3.19. The zero-order valence-electron chi connectivity index (χ0n) is 11.9. The lowest BCUT2D eigenvalue weighted by Crippen LogP contribution is -2.49. The highest BCUT2D eigenvalue weighted by molar-refractivity contribution is 5.65. The minimum atomic E-state index is -2.91. The van der Waals surface area contributed by atoms with Crippen LogP contribution in [-0.2, 0) is 5.92 Å². The predicted molar refractivity (Wildman–Crippen MR) is 75.3 cm³/mol. The Bertz CT molecular complexity index is 514. The molecular weight excluding hydrogens is 278 g/mol. The molecule has 116 valence electrons. The zero-order chi connectivity index (χ0) is 15.6. The summed E-state index contributed by atoms with van der Waals surface area (Å²) in [6, 6.07) is 5.92. The zero-order valence-corrected chi connectivity index (χ0v) is 11.9. The van der Waals surface area contributed by atoms with E-state index in [1.165, 1.54) is 17.0 Å². The molecule has 1 aromatic carbocycles. The summed E-state index contributed by atoms with van der Waals surface area (Å²) in [6.07, 6.45) is -0.935. The summed E-state index contributed by atoms with van der Waals surface area (Å²) in [5.41, 5.74) is 6.38. The van der Waals surface area contributed by atoms with Crippen molar-refractivity contribution in [3.8, 4) is 0 Å². The monoisotopic (exact) mass is 298 g/mol. The first-order chi connectivity index (χ1) is 9.79. The molecule has 4 nitrogen and oxygen atoms in total. The van der Waals surface area contributed by atoms with Crippen molar-refractivity contribution in [1.82, 2.24) is 4.90 Å². The van der Waals surface area contributed by atoms with Crippen LogP contribution in [0.3, 0.4) is 0 Å². The van der Waals surface area contributed by atoms with Crippen molar-refractivity contribution in [1.29, 1.82) is 0 Å². The molecule has 0 spiro atoms. The van der Waals surface area contributed by atoms with Crippen LogP contribution in [-0.4, -0.2) is 29.2 Å². The van der Waals surface area contributed by atoms with Gasteiger partial charge < -0.3 is 15.7 Å². The molecule has 21 heavy (non-hydrogen) atoms. The van der Waals surface area contributed by atoms with Gasteiger partial charge in [0.15, 0.2) is 0 Å². The van der Waals surface area contributed by atoms with Gasteiger partial charge in [-0.15, -0.1) is 0 Å². The Balaban J connectivity index is 1.93. The molecule has 1 unspecified atom stereocenters. The van der Waals surface area contributed by atoms with Crippen LogP contribution >= 0.6 is 0 Å².